The first-order chi connectivity index (χ1) is 9.47. The molecule has 0 aliphatic rings. The molecule has 0 aromatic carbocycles. The van der Waals surface area contributed by atoms with E-state index in [1.807, 2.05) is 0 Å². The van der Waals surface area contributed by atoms with Gasteiger partial charge in [0, 0.05) is 32.9 Å². The number of nitrogens with one attached hydrogen (secondary N) is 2. The van der Waals surface area contributed by atoms with Crippen LogP contribution in [0, 0.1) is 5.92 Å². The van der Waals surface area contributed by atoms with Gasteiger partial charge in [-0.1, -0.05) is 13.8 Å². The van der Waals surface area contributed by atoms with Crippen molar-refractivity contribution in [3.8, 4) is 0 Å². The quantitative estimate of drug-likeness (QED) is 0.254. The minimum Gasteiger partial charge on any atom is -0.356 e. The molecule has 0 fully saturated rings. The fraction of sp³-hybridized carbons (Fsp3) is 0.857. The third-order valence-corrected chi connectivity index (χ3v) is 3.33. The van der Waals surface area contributed by atoms with Gasteiger partial charge in [0.25, 0.3) is 0 Å². The van der Waals surface area contributed by atoms with Gasteiger partial charge in [0.05, 0.1) is 0 Å². The van der Waals surface area contributed by atoms with Crippen molar-refractivity contribution in [1.82, 2.24) is 15.5 Å². The number of aliphatic imine (C=N–C) groups is 1. The first-order valence-corrected chi connectivity index (χ1v) is 8.58. The zero-order valence-electron chi connectivity index (χ0n) is 13.9. The van der Waals surface area contributed by atoms with Crippen LogP contribution in [-0.4, -0.2) is 62.5 Å². The van der Waals surface area contributed by atoms with Crippen LogP contribution in [0.3, 0.4) is 0 Å². The van der Waals surface area contributed by atoms with Crippen molar-refractivity contribution in [2.24, 2.45) is 10.9 Å². The largest absolute Gasteiger partial charge is 0.356 e. The number of guanidine groups is 1. The van der Waals surface area contributed by atoms with E-state index < -0.39 is 0 Å². The average Bonchev–Trinajstić information content (AvgIpc) is 2.39. The highest BCUT2D eigenvalue weighted by atomic mass is 127. The molecule has 0 aliphatic heterocycles. The molecule has 2 N–H and O–H groups in total. The first-order valence-electron chi connectivity index (χ1n) is 7.18. The van der Waals surface area contributed by atoms with Gasteiger partial charge in [0.2, 0.25) is 5.91 Å². The fourth-order valence-electron chi connectivity index (χ4n) is 1.45. The molecule has 126 valence electrons. The Hall–Kier alpha value is -0.180. The number of rotatable bonds is 9. The SMILES string of the molecule is CSCCNC(=NCC(=O)N(C)C)NCCCC(C)C.I. The molecule has 21 heavy (non-hydrogen) atoms. The Bertz CT molecular complexity index is 299. The topological polar surface area (TPSA) is 56.7 Å². The van der Waals surface area contributed by atoms with Gasteiger partial charge < -0.3 is 15.5 Å². The van der Waals surface area contributed by atoms with Crippen molar-refractivity contribution in [2.45, 2.75) is 26.7 Å². The Kier molecular flexibility index (Phi) is 16.2. The highest BCUT2D eigenvalue weighted by molar-refractivity contribution is 14.0. The van der Waals surface area contributed by atoms with E-state index in [1.54, 1.807) is 30.8 Å². The van der Waals surface area contributed by atoms with Gasteiger partial charge in [0.1, 0.15) is 6.54 Å². The van der Waals surface area contributed by atoms with Crippen LogP contribution in [0.25, 0.3) is 0 Å². The lowest BCUT2D eigenvalue weighted by Gasteiger charge is -2.14. The van der Waals surface area contributed by atoms with Gasteiger partial charge in [-0.25, -0.2) is 4.99 Å². The summed E-state index contributed by atoms with van der Waals surface area (Å²) in [5, 5.41) is 6.54. The maximum Gasteiger partial charge on any atom is 0.243 e. The lowest BCUT2D eigenvalue weighted by molar-refractivity contribution is -0.127. The van der Waals surface area contributed by atoms with E-state index in [1.165, 1.54) is 6.42 Å². The Morgan fingerprint density at radius 2 is 1.86 bits per heavy atom. The molecule has 0 bridgehead atoms. The molecule has 0 aromatic heterocycles. The second-order valence-corrected chi connectivity index (χ2v) is 6.32. The molecular weight excluding hydrogens is 399 g/mol. The van der Waals surface area contributed by atoms with Crippen LogP contribution in [0.5, 0.6) is 0 Å². The number of thioether (sulfide) groups is 1. The monoisotopic (exact) mass is 430 g/mol. The van der Waals surface area contributed by atoms with Crippen LogP contribution in [0.2, 0.25) is 0 Å². The van der Waals surface area contributed by atoms with Gasteiger partial charge >= 0.3 is 0 Å². The number of nitrogens with zero attached hydrogens (tertiary/aromatic N) is 2. The highest BCUT2D eigenvalue weighted by Crippen LogP contribution is 2.01. The van der Waals surface area contributed by atoms with Gasteiger partial charge in [0.15, 0.2) is 5.96 Å². The number of likely N-dealkylation sites (N-methyl/N-ethyl adjacent to an activating group) is 1. The van der Waals surface area contributed by atoms with Gasteiger partial charge in [-0.05, 0) is 25.0 Å². The number of carbonyl (C=O) groups is 1. The highest BCUT2D eigenvalue weighted by Gasteiger charge is 2.04. The predicted octanol–water partition coefficient (Wildman–Crippen LogP) is 2.03. The van der Waals surface area contributed by atoms with Gasteiger partial charge in [-0.2, -0.15) is 11.8 Å². The van der Waals surface area contributed by atoms with E-state index in [-0.39, 0.29) is 36.4 Å². The Balaban J connectivity index is 0. The summed E-state index contributed by atoms with van der Waals surface area (Å²) in [7, 11) is 3.49. The first kappa shape index (κ1) is 23.1. The summed E-state index contributed by atoms with van der Waals surface area (Å²) in [6.07, 6.45) is 4.38. The maximum atomic E-state index is 11.6. The molecule has 5 nitrogen and oxygen atoms in total. The molecule has 0 aromatic rings. The molecule has 0 heterocycles. The summed E-state index contributed by atoms with van der Waals surface area (Å²) in [5.74, 6) is 2.49. The molecule has 0 radical (unpaired) electrons. The van der Waals surface area contributed by atoms with Crippen molar-refractivity contribution in [3.05, 3.63) is 0 Å². The van der Waals surface area contributed by atoms with Gasteiger partial charge in [-0.15, -0.1) is 24.0 Å². The number of carbonyl (C=O) groups excluding carboxylic acids is 1. The molecule has 0 aliphatic carbocycles. The zero-order valence-corrected chi connectivity index (χ0v) is 17.1. The standard InChI is InChI=1S/C14H30N4OS.HI/c1-12(2)7-6-8-15-14(16-9-10-20-5)17-11-13(19)18(3)4;/h12H,6-11H2,1-5H3,(H2,15,16,17);1H. The van der Waals surface area contributed by atoms with Gasteiger partial charge in [-0.3, -0.25) is 4.79 Å². The molecular formula is C14H31IN4OS. The lowest BCUT2D eigenvalue weighted by Crippen LogP contribution is -2.40. The second kappa shape index (κ2) is 14.7. The third-order valence-electron chi connectivity index (χ3n) is 2.72. The summed E-state index contributed by atoms with van der Waals surface area (Å²) in [6, 6.07) is 0. The number of amides is 1. The average molecular weight is 430 g/mol. The van der Waals surface area contributed by atoms with E-state index in [4.69, 9.17) is 0 Å². The zero-order chi connectivity index (χ0) is 15.4. The summed E-state index contributed by atoms with van der Waals surface area (Å²) >= 11 is 1.78. The molecule has 7 heteroatoms. The lowest BCUT2D eigenvalue weighted by atomic mass is 10.1. The smallest absolute Gasteiger partial charge is 0.243 e. The van der Waals surface area contributed by atoms with Crippen molar-refractivity contribution in [3.63, 3.8) is 0 Å². The van der Waals surface area contributed by atoms with E-state index in [9.17, 15) is 4.79 Å². The summed E-state index contributed by atoms with van der Waals surface area (Å²) < 4.78 is 0. The fourth-order valence-corrected chi connectivity index (χ4v) is 1.76. The predicted molar refractivity (Wildman–Crippen MR) is 105 cm³/mol. The van der Waals surface area contributed by atoms with E-state index in [0.717, 1.165) is 37.1 Å². The molecule has 0 atom stereocenters. The minimum atomic E-state index is 0. The van der Waals surface area contributed by atoms with Crippen LogP contribution < -0.4 is 10.6 Å². The van der Waals surface area contributed by atoms with E-state index >= 15 is 0 Å². The molecule has 0 saturated carbocycles. The van der Waals surface area contributed by atoms with Crippen molar-refractivity contribution < 1.29 is 4.79 Å². The maximum absolute atomic E-state index is 11.6. The van der Waals surface area contributed by atoms with Crippen molar-refractivity contribution >= 4 is 47.6 Å². The van der Waals surface area contributed by atoms with E-state index in [0.29, 0.717) is 0 Å². The molecule has 1 amide bonds. The molecule has 0 saturated heterocycles. The summed E-state index contributed by atoms with van der Waals surface area (Å²) in [6.45, 7) is 6.38. The second-order valence-electron chi connectivity index (χ2n) is 5.34. The normalized spacial score (nSPS) is 11.0. The Morgan fingerprint density at radius 1 is 1.24 bits per heavy atom. The Labute approximate surface area is 151 Å². The number of hydrogen-bond acceptors (Lipinski definition) is 3. The van der Waals surface area contributed by atoms with Crippen LogP contribution in [0.1, 0.15) is 26.7 Å². The third kappa shape index (κ3) is 14.5. The number of hydrogen-bond donors (Lipinski definition) is 2. The number of halogens is 1. The van der Waals surface area contributed by atoms with Crippen LogP contribution in [-0.2, 0) is 4.79 Å². The molecule has 0 unspecified atom stereocenters. The van der Waals surface area contributed by atoms with Crippen molar-refractivity contribution in [2.75, 3.05) is 45.7 Å². The van der Waals surface area contributed by atoms with Crippen LogP contribution in [0.4, 0.5) is 0 Å². The Morgan fingerprint density at radius 3 is 2.38 bits per heavy atom. The van der Waals surface area contributed by atoms with E-state index in [2.05, 4.69) is 35.7 Å². The summed E-state index contributed by atoms with van der Waals surface area (Å²) in [5.41, 5.74) is 0. The summed E-state index contributed by atoms with van der Waals surface area (Å²) in [4.78, 5) is 17.4. The van der Waals surface area contributed by atoms with Crippen LogP contribution >= 0.6 is 35.7 Å². The molecule has 0 spiro atoms. The minimum absolute atomic E-state index is 0. The van der Waals surface area contributed by atoms with Crippen molar-refractivity contribution in [1.29, 1.82) is 0 Å². The van der Waals surface area contributed by atoms with Crippen LogP contribution in [0.15, 0.2) is 4.99 Å². The molecule has 0 rings (SSSR count).